The van der Waals surface area contributed by atoms with Crippen LogP contribution in [0.5, 0.6) is 0 Å². The molecule has 7 heteroatoms. The highest BCUT2D eigenvalue weighted by molar-refractivity contribution is 7.99. The highest BCUT2D eigenvalue weighted by Gasteiger charge is 2.34. The van der Waals surface area contributed by atoms with Gasteiger partial charge in [0, 0.05) is 18.7 Å². The molecule has 0 unspecified atom stereocenters. The maximum absolute atomic E-state index is 11.8. The molecule has 0 aromatic heterocycles. The first-order chi connectivity index (χ1) is 9.93. The Hall–Kier alpha value is -1.24. The maximum atomic E-state index is 11.8. The molecule has 0 radical (unpaired) electrons. The Labute approximate surface area is 129 Å². The standard InChI is InChI=1S/C14H24N2O4S/c15-11(17)9-21-7-4-12(18)16-10-14(8-13(19)20)5-2-1-3-6-14/h1-10H2,(H2,15,17)(H,16,18)(H,19,20). The van der Waals surface area contributed by atoms with E-state index in [9.17, 15) is 14.4 Å². The summed E-state index contributed by atoms with van der Waals surface area (Å²) in [7, 11) is 0. The molecule has 1 fully saturated rings. The van der Waals surface area contributed by atoms with Gasteiger partial charge in [-0.1, -0.05) is 19.3 Å². The van der Waals surface area contributed by atoms with E-state index in [0.717, 1.165) is 32.1 Å². The molecule has 0 aliphatic heterocycles. The molecule has 0 spiro atoms. The molecule has 6 nitrogen and oxygen atoms in total. The fourth-order valence-corrected chi connectivity index (χ4v) is 3.43. The Morgan fingerprint density at radius 3 is 2.43 bits per heavy atom. The van der Waals surface area contributed by atoms with Crippen LogP contribution in [-0.4, -0.2) is 40.9 Å². The monoisotopic (exact) mass is 316 g/mol. The van der Waals surface area contributed by atoms with Gasteiger partial charge in [-0.2, -0.15) is 11.8 Å². The average molecular weight is 316 g/mol. The van der Waals surface area contributed by atoms with Crippen LogP contribution >= 0.6 is 11.8 Å². The lowest BCUT2D eigenvalue weighted by molar-refractivity contribution is -0.140. The number of carbonyl (C=O) groups is 3. The first-order valence-corrected chi connectivity index (χ1v) is 8.44. The number of nitrogens with one attached hydrogen (secondary N) is 1. The molecule has 0 atom stereocenters. The second-order valence-electron chi connectivity index (χ2n) is 5.68. The van der Waals surface area contributed by atoms with Crippen LogP contribution in [0.2, 0.25) is 0 Å². The number of amides is 2. The van der Waals surface area contributed by atoms with Crippen LogP contribution in [0.15, 0.2) is 0 Å². The summed E-state index contributed by atoms with van der Waals surface area (Å²) in [6.07, 6.45) is 5.34. The van der Waals surface area contributed by atoms with Gasteiger partial charge >= 0.3 is 5.97 Å². The Bertz CT molecular complexity index is 381. The van der Waals surface area contributed by atoms with Gasteiger partial charge in [0.15, 0.2) is 0 Å². The van der Waals surface area contributed by atoms with Crippen LogP contribution in [0.4, 0.5) is 0 Å². The van der Waals surface area contributed by atoms with Crippen molar-refractivity contribution in [3.05, 3.63) is 0 Å². The number of hydrogen-bond donors (Lipinski definition) is 3. The minimum absolute atomic E-state index is 0.0951. The van der Waals surface area contributed by atoms with Crippen LogP contribution in [-0.2, 0) is 14.4 Å². The molecule has 0 bridgehead atoms. The summed E-state index contributed by atoms with van der Waals surface area (Å²) < 4.78 is 0. The number of aliphatic carboxylic acids is 1. The summed E-state index contributed by atoms with van der Waals surface area (Å²) in [5.41, 5.74) is 4.72. The van der Waals surface area contributed by atoms with Crippen LogP contribution in [0.25, 0.3) is 0 Å². The third kappa shape index (κ3) is 7.36. The summed E-state index contributed by atoms with van der Waals surface area (Å²) in [4.78, 5) is 33.4. The molecule has 1 saturated carbocycles. The third-order valence-corrected chi connectivity index (χ3v) is 4.80. The normalized spacial score (nSPS) is 17.1. The van der Waals surface area contributed by atoms with Gasteiger partial charge in [0.2, 0.25) is 11.8 Å². The van der Waals surface area contributed by atoms with Crippen molar-refractivity contribution in [3.63, 3.8) is 0 Å². The number of carboxylic acid groups (broad SMARTS) is 1. The lowest BCUT2D eigenvalue weighted by Crippen LogP contribution is -2.40. The van der Waals surface area contributed by atoms with Gasteiger partial charge in [0.05, 0.1) is 12.2 Å². The molecule has 0 aromatic rings. The molecular weight excluding hydrogens is 292 g/mol. The summed E-state index contributed by atoms with van der Waals surface area (Å²) >= 11 is 1.33. The third-order valence-electron chi connectivity index (χ3n) is 3.82. The van der Waals surface area contributed by atoms with E-state index in [-0.39, 0.29) is 29.4 Å². The molecule has 4 N–H and O–H groups in total. The lowest BCUT2D eigenvalue weighted by Gasteiger charge is -2.36. The van der Waals surface area contributed by atoms with Crippen molar-refractivity contribution in [3.8, 4) is 0 Å². The number of carbonyl (C=O) groups excluding carboxylic acids is 2. The Morgan fingerprint density at radius 1 is 1.19 bits per heavy atom. The summed E-state index contributed by atoms with van der Waals surface area (Å²) in [5.74, 6) is -0.523. The van der Waals surface area contributed by atoms with Gasteiger partial charge in [-0.25, -0.2) is 0 Å². The quantitative estimate of drug-likeness (QED) is 0.553. The fourth-order valence-electron chi connectivity index (χ4n) is 2.75. The van der Waals surface area contributed by atoms with E-state index in [1.165, 1.54) is 11.8 Å². The van der Waals surface area contributed by atoms with Gasteiger partial charge in [-0.15, -0.1) is 0 Å². The topological polar surface area (TPSA) is 109 Å². The fraction of sp³-hybridized carbons (Fsp3) is 0.786. The first-order valence-electron chi connectivity index (χ1n) is 7.28. The van der Waals surface area contributed by atoms with E-state index in [1.54, 1.807) is 0 Å². The van der Waals surface area contributed by atoms with Crippen molar-refractivity contribution in [2.75, 3.05) is 18.1 Å². The Morgan fingerprint density at radius 2 is 1.86 bits per heavy atom. The molecule has 1 aliphatic carbocycles. The highest BCUT2D eigenvalue weighted by atomic mass is 32.2. The van der Waals surface area contributed by atoms with Crippen LogP contribution in [0.3, 0.4) is 0 Å². The SMILES string of the molecule is NC(=O)CSCCC(=O)NCC1(CC(=O)O)CCCCC1. The number of primary amides is 1. The zero-order valence-corrected chi connectivity index (χ0v) is 13.0. The summed E-state index contributed by atoms with van der Waals surface area (Å²) in [6.45, 7) is 0.429. The van der Waals surface area contributed by atoms with Crippen molar-refractivity contribution < 1.29 is 19.5 Å². The average Bonchev–Trinajstić information content (AvgIpc) is 2.41. The second-order valence-corrected chi connectivity index (χ2v) is 6.78. The van der Waals surface area contributed by atoms with Crippen molar-refractivity contribution in [1.82, 2.24) is 5.32 Å². The van der Waals surface area contributed by atoms with Gasteiger partial charge in [-0.05, 0) is 18.3 Å². The van der Waals surface area contributed by atoms with Crippen LogP contribution < -0.4 is 11.1 Å². The van der Waals surface area contributed by atoms with E-state index in [1.807, 2.05) is 0 Å². The highest BCUT2D eigenvalue weighted by Crippen LogP contribution is 2.38. The Balaban J connectivity index is 2.33. The number of hydrogen-bond acceptors (Lipinski definition) is 4. The Kier molecular flexibility index (Phi) is 7.56. The van der Waals surface area contributed by atoms with Crippen molar-refractivity contribution in [2.24, 2.45) is 11.1 Å². The predicted molar refractivity (Wildman–Crippen MR) is 81.9 cm³/mol. The molecule has 1 rings (SSSR count). The van der Waals surface area contributed by atoms with Gasteiger partial charge in [0.1, 0.15) is 0 Å². The molecule has 120 valence electrons. The van der Waals surface area contributed by atoms with Crippen LogP contribution in [0, 0.1) is 5.41 Å². The summed E-state index contributed by atoms with van der Waals surface area (Å²) in [5, 5.41) is 11.9. The zero-order chi connectivity index (χ0) is 15.7. The number of nitrogens with two attached hydrogens (primary N) is 1. The van der Waals surface area contributed by atoms with E-state index < -0.39 is 5.97 Å². The summed E-state index contributed by atoms with van der Waals surface area (Å²) in [6, 6.07) is 0. The van der Waals surface area contributed by atoms with Crippen molar-refractivity contribution in [1.29, 1.82) is 0 Å². The second kappa shape index (κ2) is 8.92. The predicted octanol–water partition coefficient (Wildman–Crippen LogP) is 1.14. The van der Waals surface area contributed by atoms with E-state index in [0.29, 0.717) is 18.7 Å². The van der Waals surface area contributed by atoms with Gasteiger partial charge < -0.3 is 16.2 Å². The van der Waals surface area contributed by atoms with E-state index in [4.69, 9.17) is 10.8 Å². The minimum atomic E-state index is -0.803. The maximum Gasteiger partial charge on any atom is 0.303 e. The molecule has 1 aliphatic rings. The van der Waals surface area contributed by atoms with E-state index >= 15 is 0 Å². The van der Waals surface area contributed by atoms with E-state index in [2.05, 4.69) is 5.32 Å². The van der Waals surface area contributed by atoms with Crippen molar-refractivity contribution in [2.45, 2.75) is 44.9 Å². The lowest BCUT2D eigenvalue weighted by atomic mass is 9.71. The largest absolute Gasteiger partial charge is 0.481 e. The number of carboxylic acids is 1. The molecule has 0 saturated heterocycles. The first kappa shape index (κ1) is 17.8. The smallest absolute Gasteiger partial charge is 0.303 e. The van der Waals surface area contributed by atoms with Crippen LogP contribution in [0.1, 0.15) is 44.9 Å². The van der Waals surface area contributed by atoms with Gasteiger partial charge in [-0.3, -0.25) is 14.4 Å². The molecule has 0 aromatic carbocycles. The zero-order valence-electron chi connectivity index (χ0n) is 12.2. The molecule has 21 heavy (non-hydrogen) atoms. The molecule has 0 heterocycles. The number of thioether (sulfide) groups is 1. The molecule has 2 amide bonds. The molecular formula is C14H24N2O4S. The van der Waals surface area contributed by atoms with Crippen molar-refractivity contribution >= 4 is 29.5 Å². The van der Waals surface area contributed by atoms with Gasteiger partial charge in [0.25, 0.3) is 0 Å². The minimum Gasteiger partial charge on any atom is -0.481 e. The number of rotatable bonds is 9.